The lowest BCUT2D eigenvalue weighted by atomic mass is 10.2. The largest absolute Gasteiger partial charge is 0.376 e. The van der Waals surface area contributed by atoms with Gasteiger partial charge in [0, 0.05) is 19.8 Å². The smallest absolute Gasteiger partial charge is 0.165 e. The van der Waals surface area contributed by atoms with E-state index >= 15 is 0 Å². The molecule has 0 spiro atoms. The fraction of sp³-hybridized carbons (Fsp3) is 0.250. The van der Waals surface area contributed by atoms with Gasteiger partial charge in [0.1, 0.15) is 11.3 Å². The lowest BCUT2D eigenvalue weighted by Crippen LogP contribution is -2.13. The first kappa shape index (κ1) is 13.9. The van der Waals surface area contributed by atoms with E-state index in [9.17, 15) is 0 Å². The second-order valence-electron chi connectivity index (χ2n) is 5.18. The maximum atomic E-state index is 6.10. The Bertz CT molecular complexity index is 792. The highest BCUT2D eigenvalue weighted by Gasteiger charge is 2.16. The van der Waals surface area contributed by atoms with Gasteiger partial charge in [0.15, 0.2) is 5.65 Å². The van der Waals surface area contributed by atoms with Crippen molar-refractivity contribution in [3.8, 4) is 5.69 Å². The van der Waals surface area contributed by atoms with Crippen molar-refractivity contribution < 1.29 is 0 Å². The van der Waals surface area contributed by atoms with Crippen LogP contribution in [-0.2, 0) is 5.88 Å². The van der Waals surface area contributed by atoms with Gasteiger partial charge in [0.25, 0.3) is 0 Å². The van der Waals surface area contributed by atoms with E-state index in [1.165, 1.54) is 0 Å². The lowest BCUT2D eigenvalue weighted by Gasteiger charge is -2.19. The van der Waals surface area contributed by atoms with Crippen LogP contribution in [-0.4, -0.2) is 28.6 Å². The average Bonchev–Trinajstić information content (AvgIpc) is 2.84. The highest BCUT2D eigenvalue weighted by atomic mass is 35.5. The molecule has 0 amide bonds. The molecule has 0 N–H and O–H groups in total. The maximum absolute atomic E-state index is 6.10. The van der Waals surface area contributed by atoms with E-state index in [1.807, 2.05) is 49.9 Å². The molecule has 108 valence electrons. The zero-order chi connectivity index (χ0) is 15.0. The summed E-state index contributed by atoms with van der Waals surface area (Å²) in [6, 6.07) is 12.1. The molecule has 1 aromatic carbocycles. The molecule has 0 fully saturated rings. The van der Waals surface area contributed by atoms with Gasteiger partial charge < -0.3 is 4.90 Å². The third-order valence-electron chi connectivity index (χ3n) is 3.44. The minimum Gasteiger partial charge on any atom is -0.376 e. The first-order valence-corrected chi connectivity index (χ1v) is 7.33. The van der Waals surface area contributed by atoms with E-state index in [0.29, 0.717) is 5.88 Å². The normalized spacial score (nSPS) is 11.0. The number of nitrogens with zero attached hydrogens (tertiary/aromatic N) is 4. The van der Waals surface area contributed by atoms with Crippen LogP contribution >= 0.6 is 11.6 Å². The Morgan fingerprint density at radius 1 is 1.10 bits per heavy atom. The van der Waals surface area contributed by atoms with Crippen molar-refractivity contribution in [3.05, 3.63) is 47.9 Å². The zero-order valence-electron chi connectivity index (χ0n) is 12.3. The topological polar surface area (TPSA) is 34.0 Å². The van der Waals surface area contributed by atoms with Crippen molar-refractivity contribution in [2.75, 3.05) is 19.0 Å². The number of aryl methyl sites for hydroxylation is 1. The first-order chi connectivity index (χ1) is 10.1. The molecule has 0 saturated heterocycles. The number of alkyl halides is 1. The number of aromatic nitrogens is 3. The van der Waals surface area contributed by atoms with Gasteiger partial charge >= 0.3 is 0 Å². The molecule has 0 atom stereocenters. The van der Waals surface area contributed by atoms with Crippen LogP contribution in [0.2, 0.25) is 0 Å². The van der Waals surface area contributed by atoms with Crippen molar-refractivity contribution in [2.45, 2.75) is 12.8 Å². The summed E-state index contributed by atoms with van der Waals surface area (Å²) < 4.78 is 2.05. The molecule has 3 rings (SSSR count). The molecule has 4 nitrogen and oxygen atoms in total. The number of anilines is 1. The molecule has 21 heavy (non-hydrogen) atoms. The quantitative estimate of drug-likeness (QED) is 0.694. The molecule has 0 unspecified atom stereocenters. The van der Waals surface area contributed by atoms with Crippen molar-refractivity contribution in [2.24, 2.45) is 0 Å². The van der Waals surface area contributed by atoms with Gasteiger partial charge in [-0.25, -0.2) is 9.97 Å². The van der Waals surface area contributed by atoms with Gasteiger partial charge in [0.2, 0.25) is 0 Å². The summed E-state index contributed by atoms with van der Waals surface area (Å²) in [5.41, 5.74) is 4.82. The predicted octanol–water partition coefficient (Wildman–Crippen LogP) is 3.53. The Morgan fingerprint density at radius 3 is 2.57 bits per heavy atom. The van der Waals surface area contributed by atoms with Crippen LogP contribution < -0.4 is 4.90 Å². The maximum Gasteiger partial charge on any atom is 0.165 e. The summed E-state index contributed by atoms with van der Waals surface area (Å²) in [6.07, 6.45) is 0. The van der Waals surface area contributed by atoms with E-state index in [0.717, 1.165) is 34.1 Å². The van der Waals surface area contributed by atoms with Gasteiger partial charge in [-0.3, -0.25) is 4.57 Å². The number of imidazole rings is 1. The molecule has 0 saturated carbocycles. The Balaban J connectivity index is 2.36. The third-order valence-corrected chi connectivity index (χ3v) is 3.68. The Labute approximate surface area is 129 Å². The Hall–Kier alpha value is -2.07. The second-order valence-corrected chi connectivity index (χ2v) is 5.44. The molecule has 2 heterocycles. The van der Waals surface area contributed by atoms with Crippen molar-refractivity contribution in [1.82, 2.24) is 14.5 Å². The van der Waals surface area contributed by atoms with Gasteiger partial charge in [-0.1, -0.05) is 12.1 Å². The predicted molar refractivity (Wildman–Crippen MR) is 87.5 cm³/mol. The highest BCUT2D eigenvalue weighted by Crippen LogP contribution is 2.28. The van der Waals surface area contributed by atoms with Crippen LogP contribution in [0.3, 0.4) is 0 Å². The molecule has 0 aliphatic rings. The van der Waals surface area contributed by atoms with E-state index in [-0.39, 0.29) is 0 Å². The summed E-state index contributed by atoms with van der Waals surface area (Å²) in [4.78, 5) is 11.3. The van der Waals surface area contributed by atoms with Crippen molar-refractivity contribution in [1.29, 1.82) is 0 Å². The fourth-order valence-corrected chi connectivity index (χ4v) is 2.65. The number of fused-ring (bicyclic) bond motifs is 1. The standard InChI is InChI=1S/C16H17ClN4/c1-11-8-9-12-16(18-11)21(15(10-17)19-12)14-7-5-4-6-13(14)20(2)3/h4-9H,10H2,1-3H3. The fourth-order valence-electron chi connectivity index (χ4n) is 2.47. The van der Waals surface area contributed by atoms with Crippen LogP contribution in [0, 0.1) is 6.92 Å². The average molecular weight is 301 g/mol. The number of benzene rings is 1. The minimum absolute atomic E-state index is 0.344. The second kappa shape index (κ2) is 5.37. The zero-order valence-corrected chi connectivity index (χ0v) is 13.1. The number of halogens is 1. The SMILES string of the molecule is Cc1ccc2nc(CCl)n(-c3ccccc3N(C)C)c2n1. The number of hydrogen-bond donors (Lipinski definition) is 0. The van der Waals surface area contributed by atoms with Gasteiger partial charge in [-0.05, 0) is 31.2 Å². The van der Waals surface area contributed by atoms with Crippen LogP contribution in [0.15, 0.2) is 36.4 Å². The van der Waals surface area contributed by atoms with Gasteiger partial charge in [-0.2, -0.15) is 0 Å². The monoisotopic (exact) mass is 300 g/mol. The summed E-state index contributed by atoms with van der Waals surface area (Å²) >= 11 is 6.10. The molecule has 0 bridgehead atoms. The first-order valence-electron chi connectivity index (χ1n) is 6.79. The summed E-state index contributed by atoms with van der Waals surface area (Å²) in [5, 5.41) is 0. The summed E-state index contributed by atoms with van der Waals surface area (Å²) in [6.45, 7) is 1.98. The lowest BCUT2D eigenvalue weighted by molar-refractivity contribution is 0.955. The molecular formula is C16H17ClN4. The number of hydrogen-bond acceptors (Lipinski definition) is 3. The highest BCUT2D eigenvalue weighted by molar-refractivity contribution is 6.17. The Kier molecular flexibility index (Phi) is 3.55. The van der Waals surface area contributed by atoms with Gasteiger partial charge in [-0.15, -0.1) is 11.6 Å². The molecule has 5 heteroatoms. The van der Waals surface area contributed by atoms with E-state index < -0.39 is 0 Å². The number of para-hydroxylation sites is 2. The van der Waals surface area contributed by atoms with Crippen LogP contribution in [0.25, 0.3) is 16.9 Å². The van der Waals surface area contributed by atoms with Gasteiger partial charge in [0.05, 0.1) is 17.3 Å². The van der Waals surface area contributed by atoms with Crippen LogP contribution in [0.4, 0.5) is 5.69 Å². The number of pyridine rings is 1. The Morgan fingerprint density at radius 2 is 1.86 bits per heavy atom. The molecule has 3 aromatic rings. The summed E-state index contributed by atoms with van der Waals surface area (Å²) in [5.74, 6) is 1.15. The molecule has 0 aliphatic carbocycles. The third kappa shape index (κ3) is 2.36. The summed E-state index contributed by atoms with van der Waals surface area (Å²) in [7, 11) is 4.05. The van der Waals surface area contributed by atoms with Crippen LogP contribution in [0.1, 0.15) is 11.5 Å². The van der Waals surface area contributed by atoms with E-state index in [1.54, 1.807) is 0 Å². The molecule has 0 radical (unpaired) electrons. The molecular weight excluding hydrogens is 284 g/mol. The van der Waals surface area contributed by atoms with Crippen molar-refractivity contribution >= 4 is 28.5 Å². The van der Waals surface area contributed by atoms with E-state index in [2.05, 4.69) is 27.0 Å². The number of rotatable bonds is 3. The van der Waals surface area contributed by atoms with Crippen LogP contribution in [0.5, 0.6) is 0 Å². The van der Waals surface area contributed by atoms with E-state index in [4.69, 9.17) is 11.6 Å². The minimum atomic E-state index is 0.344. The molecule has 0 aliphatic heterocycles. The van der Waals surface area contributed by atoms with Crippen molar-refractivity contribution in [3.63, 3.8) is 0 Å². The molecule has 2 aromatic heterocycles.